The standard InChI is InChI=1S/C17H22N4O/c22-17(15-6-9-19-20-12-15)18-8-3-10-21-11-7-14-4-1-2-5-16(14)13-21/h1-2,4-6,9,12,19-20H,3,7-8,10-11,13H2,(H,18,22). The quantitative estimate of drug-likeness (QED) is 0.712. The lowest BCUT2D eigenvalue weighted by molar-refractivity contribution is -0.117. The Morgan fingerprint density at radius 2 is 2.09 bits per heavy atom. The average molecular weight is 298 g/mol. The fourth-order valence-electron chi connectivity index (χ4n) is 2.84. The van der Waals surface area contributed by atoms with E-state index in [-0.39, 0.29) is 5.91 Å². The van der Waals surface area contributed by atoms with Gasteiger partial charge in [0.2, 0.25) is 0 Å². The highest BCUT2D eigenvalue weighted by atomic mass is 16.1. The first kappa shape index (κ1) is 14.7. The zero-order valence-electron chi connectivity index (χ0n) is 12.6. The molecule has 2 heterocycles. The van der Waals surface area contributed by atoms with Gasteiger partial charge >= 0.3 is 0 Å². The normalized spacial score (nSPS) is 17.0. The van der Waals surface area contributed by atoms with Crippen LogP contribution in [0.4, 0.5) is 0 Å². The van der Waals surface area contributed by atoms with E-state index < -0.39 is 0 Å². The summed E-state index contributed by atoms with van der Waals surface area (Å²) < 4.78 is 0. The van der Waals surface area contributed by atoms with E-state index in [2.05, 4.69) is 45.3 Å². The first-order valence-electron chi connectivity index (χ1n) is 7.78. The maximum Gasteiger partial charge on any atom is 0.252 e. The van der Waals surface area contributed by atoms with Crippen LogP contribution in [-0.4, -0.2) is 30.4 Å². The minimum absolute atomic E-state index is 0.0331. The number of carbonyl (C=O) groups excluding carboxylic acids is 1. The van der Waals surface area contributed by atoms with Crippen molar-refractivity contribution >= 4 is 5.91 Å². The highest BCUT2D eigenvalue weighted by Crippen LogP contribution is 2.18. The molecule has 1 aromatic rings. The van der Waals surface area contributed by atoms with Gasteiger partial charge in [-0.25, -0.2) is 0 Å². The van der Waals surface area contributed by atoms with Gasteiger partial charge in [0, 0.05) is 38.6 Å². The Balaban J connectivity index is 1.38. The minimum atomic E-state index is -0.0331. The molecule has 2 aliphatic heterocycles. The van der Waals surface area contributed by atoms with Crippen molar-refractivity contribution in [1.82, 2.24) is 21.1 Å². The first-order valence-corrected chi connectivity index (χ1v) is 7.78. The maximum absolute atomic E-state index is 11.9. The molecule has 3 rings (SSSR count). The lowest BCUT2D eigenvalue weighted by Crippen LogP contribution is -2.34. The van der Waals surface area contributed by atoms with Crippen LogP contribution in [0, 0.1) is 0 Å². The lowest BCUT2D eigenvalue weighted by atomic mass is 10.00. The molecule has 5 nitrogen and oxygen atoms in total. The van der Waals surface area contributed by atoms with E-state index in [0.29, 0.717) is 12.1 Å². The SMILES string of the molecule is O=C(NCCCN1CCc2ccccc2C1)C1=CNNC=C1. The fraction of sp³-hybridized carbons (Fsp3) is 0.353. The van der Waals surface area contributed by atoms with Crippen LogP contribution in [0.25, 0.3) is 0 Å². The predicted molar refractivity (Wildman–Crippen MR) is 86.5 cm³/mol. The largest absolute Gasteiger partial charge is 0.352 e. The monoisotopic (exact) mass is 298 g/mol. The van der Waals surface area contributed by atoms with E-state index in [0.717, 1.165) is 32.5 Å². The van der Waals surface area contributed by atoms with Crippen molar-refractivity contribution in [1.29, 1.82) is 0 Å². The summed E-state index contributed by atoms with van der Waals surface area (Å²) in [6.07, 6.45) is 7.22. The van der Waals surface area contributed by atoms with Crippen molar-refractivity contribution in [3.05, 3.63) is 59.4 Å². The van der Waals surface area contributed by atoms with Crippen LogP contribution in [0.3, 0.4) is 0 Å². The number of benzene rings is 1. The Kier molecular flexibility index (Phi) is 4.75. The van der Waals surface area contributed by atoms with E-state index in [1.54, 1.807) is 18.5 Å². The predicted octanol–water partition coefficient (Wildman–Crippen LogP) is 1.06. The second-order valence-corrected chi connectivity index (χ2v) is 5.63. The van der Waals surface area contributed by atoms with Crippen molar-refractivity contribution in [3.8, 4) is 0 Å². The third-order valence-corrected chi connectivity index (χ3v) is 4.07. The molecular weight excluding hydrogens is 276 g/mol. The van der Waals surface area contributed by atoms with E-state index in [1.807, 2.05) is 0 Å². The van der Waals surface area contributed by atoms with Gasteiger partial charge in [-0.1, -0.05) is 24.3 Å². The Hall–Kier alpha value is -2.27. The van der Waals surface area contributed by atoms with Crippen LogP contribution < -0.4 is 16.2 Å². The number of fused-ring (bicyclic) bond motifs is 1. The summed E-state index contributed by atoms with van der Waals surface area (Å²) in [6.45, 7) is 3.85. The van der Waals surface area contributed by atoms with Gasteiger partial charge in [-0.15, -0.1) is 0 Å². The molecule has 0 spiro atoms. The molecule has 0 saturated heterocycles. The van der Waals surface area contributed by atoms with E-state index in [1.165, 1.54) is 11.1 Å². The summed E-state index contributed by atoms with van der Waals surface area (Å²) in [4.78, 5) is 14.4. The molecule has 3 N–H and O–H groups in total. The molecule has 22 heavy (non-hydrogen) atoms. The van der Waals surface area contributed by atoms with Crippen LogP contribution in [-0.2, 0) is 17.8 Å². The zero-order valence-corrected chi connectivity index (χ0v) is 12.6. The third kappa shape index (κ3) is 3.68. The second kappa shape index (κ2) is 7.13. The average Bonchev–Trinajstić information content (AvgIpc) is 2.59. The van der Waals surface area contributed by atoms with Gasteiger partial charge in [-0.3, -0.25) is 9.69 Å². The molecule has 0 unspecified atom stereocenters. The van der Waals surface area contributed by atoms with Crippen molar-refractivity contribution in [2.75, 3.05) is 19.6 Å². The molecule has 0 saturated carbocycles. The van der Waals surface area contributed by atoms with Crippen LogP contribution >= 0.6 is 0 Å². The van der Waals surface area contributed by atoms with Gasteiger partial charge in [-0.05, 0) is 30.0 Å². The minimum Gasteiger partial charge on any atom is -0.352 e. The number of nitrogens with one attached hydrogen (secondary N) is 3. The topological polar surface area (TPSA) is 56.4 Å². The Morgan fingerprint density at radius 3 is 2.91 bits per heavy atom. The van der Waals surface area contributed by atoms with Crippen LogP contribution in [0.15, 0.2) is 48.3 Å². The molecule has 0 aliphatic carbocycles. The molecule has 1 aromatic carbocycles. The molecule has 0 atom stereocenters. The Bertz CT molecular complexity index is 594. The van der Waals surface area contributed by atoms with E-state index in [9.17, 15) is 4.79 Å². The van der Waals surface area contributed by atoms with Crippen molar-refractivity contribution in [3.63, 3.8) is 0 Å². The summed E-state index contributed by atoms with van der Waals surface area (Å²) in [7, 11) is 0. The Morgan fingerprint density at radius 1 is 1.23 bits per heavy atom. The van der Waals surface area contributed by atoms with Gasteiger partial charge < -0.3 is 16.2 Å². The van der Waals surface area contributed by atoms with Gasteiger partial charge in [0.05, 0.1) is 5.57 Å². The van der Waals surface area contributed by atoms with Gasteiger partial charge in [-0.2, -0.15) is 0 Å². The molecule has 5 heteroatoms. The highest BCUT2D eigenvalue weighted by molar-refractivity contribution is 5.96. The highest BCUT2D eigenvalue weighted by Gasteiger charge is 2.15. The smallest absolute Gasteiger partial charge is 0.252 e. The third-order valence-electron chi connectivity index (χ3n) is 4.07. The van der Waals surface area contributed by atoms with E-state index >= 15 is 0 Å². The summed E-state index contributed by atoms with van der Waals surface area (Å²) in [5, 5.41) is 2.96. The van der Waals surface area contributed by atoms with Gasteiger partial charge in [0.15, 0.2) is 0 Å². The zero-order chi connectivity index (χ0) is 15.2. The first-order chi connectivity index (χ1) is 10.8. The molecule has 116 valence electrons. The van der Waals surface area contributed by atoms with Crippen molar-refractivity contribution in [2.45, 2.75) is 19.4 Å². The van der Waals surface area contributed by atoms with Gasteiger partial charge in [0.1, 0.15) is 0 Å². The van der Waals surface area contributed by atoms with Crippen LogP contribution in [0.2, 0.25) is 0 Å². The molecular formula is C17H22N4O. The van der Waals surface area contributed by atoms with Crippen LogP contribution in [0.5, 0.6) is 0 Å². The summed E-state index contributed by atoms with van der Waals surface area (Å²) in [6, 6.07) is 8.66. The molecule has 0 radical (unpaired) electrons. The molecule has 1 amide bonds. The number of hydrogen-bond acceptors (Lipinski definition) is 4. The lowest BCUT2D eigenvalue weighted by Gasteiger charge is -2.28. The molecule has 2 aliphatic rings. The second-order valence-electron chi connectivity index (χ2n) is 5.63. The van der Waals surface area contributed by atoms with Gasteiger partial charge in [0.25, 0.3) is 5.91 Å². The van der Waals surface area contributed by atoms with E-state index in [4.69, 9.17) is 0 Å². The number of carbonyl (C=O) groups is 1. The molecule has 0 aromatic heterocycles. The Labute approximate surface area is 131 Å². The van der Waals surface area contributed by atoms with Crippen LogP contribution in [0.1, 0.15) is 17.5 Å². The number of amides is 1. The number of rotatable bonds is 5. The fourth-order valence-corrected chi connectivity index (χ4v) is 2.84. The molecule has 0 fully saturated rings. The van der Waals surface area contributed by atoms with Crippen molar-refractivity contribution in [2.24, 2.45) is 0 Å². The molecule has 0 bridgehead atoms. The summed E-state index contributed by atoms with van der Waals surface area (Å²) >= 11 is 0. The van der Waals surface area contributed by atoms with Crippen molar-refractivity contribution < 1.29 is 4.79 Å². The number of hydrazine groups is 1. The summed E-state index contributed by atoms with van der Waals surface area (Å²) in [5.74, 6) is -0.0331. The summed E-state index contributed by atoms with van der Waals surface area (Å²) in [5.41, 5.74) is 9.15. The maximum atomic E-state index is 11.9. The number of nitrogens with zero attached hydrogens (tertiary/aromatic N) is 1. The number of hydrogen-bond donors (Lipinski definition) is 3.